The third-order valence-corrected chi connectivity index (χ3v) is 4.70. The topological polar surface area (TPSA) is 59.3 Å². The van der Waals surface area contributed by atoms with Crippen molar-refractivity contribution >= 4 is 22.6 Å². The minimum absolute atomic E-state index is 0.0270. The Morgan fingerprint density at radius 3 is 2.11 bits per heavy atom. The number of hydrogen-bond acceptors (Lipinski definition) is 3. The van der Waals surface area contributed by atoms with E-state index in [1.54, 1.807) is 24.3 Å². The Morgan fingerprint density at radius 2 is 1.46 bits per heavy atom. The summed E-state index contributed by atoms with van der Waals surface area (Å²) in [5.41, 5.74) is 2.98. The average Bonchev–Trinajstić information content (AvgIpc) is 2.73. The molecule has 0 unspecified atom stereocenters. The molecule has 0 atom stereocenters. The van der Waals surface area contributed by atoms with E-state index in [2.05, 4.69) is 5.32 Å². The molecule has 0 bridgehead atoms. The van der Waals surface area contributed by atoms with Gasteiger partial charge in [0.1, 0.15) is 5.58 Å². The quantitative estimate of drug-likeness (QED) is 0.506. The molecule has 1 N–H and O–H groups in total. The summed E-state index contributed by atoms with van der Waals surface area (Å²) in [7, 11) is 0. The van der Waals surface area contributed by atoms with Crippen LogP contribution in [0.5, 0.6) is 0 Å². The number of fused-ring (bicyclic) bond motifs is 1. The molecule has 4 heteroatoms. The van der Waals surface area contributed by atoms with Gasteiger partial charge in [-0.2, -0.15) is 0 Å². The maximum absolute atomic E-state index is 12.8. The number of rotatable bonds is 5. The van der Waals surface area contributed by atoms with Crippen molar-refractivity contribution in [2.45, 2.75) is 12.3 Å². The van der Waals surface area contributed by atoms with Crippen molar-refractivity contribution < 1.29 is 9.21 Å². The highest BCUT2D eigenvalue weighted by atomic mass is 16.4. The summed E-state index contributed by atoms with van der Waals surface area (Å²) >= 11 is 0. The van der Waals surface area contributed by atoms with Crippen LogP contribution in [0.4, 0.5) is 5.69 Å². The standard InChI is InChI=1S/C24H19NO3/c26-23(25-20-12-13-22-19(15-20)11-14-24(27)28-22)16-21(17-7-3-1-4-8-17)18-9-5-2-6-10-18/h1-15,21H,16H2,(H,25,26). The van der Waals surface area contributed by atoms with Crippen LogP contribution in [0.2, 0.25) is 0 Å². The van der Waals surface area contributed by atoms with E-state index in [1.807, 2.05) is 60.7 Å². The molecule has 0 spiro atoms. The normalized spacial score (nSPS) is 10.9. The lowest BCUT2D eigenvalue weighted by Gasteiger charge is -2.18. The predicted octanol–water partition coefficient (Wildman–Crippen LogP) is 4.95. The molecule has 0 aliphatic heterocycles. The second-order valence-electron chi connectivity index (χ2n) is 6.63. The molecule has 4 rings (SSSR count). The molecule has 1 aromatic heterocycles. The van der Waals surface area contributed by atoms with E-state index in [4.69, 9.17) is 4.42 Å². The molecule has 28 heavy (non-hydrogen) atoms. The molecular weight excluding hydrogens is 350 g/mol. The first-order valence-corrected chi connectivity index (χ1v) is 9.13. The van der Waals surface area contributed by atoms with Gasteiger partial charge in [0.25, 0.3) is 0 Å². The monoisotopic (exact) mass is 369 g/mol. The second kappa shape index (κ2) is 7.92. The van der Waals surface area contributed by atoms with Gasteiger partial charge in [0.05, 0.1) is 0 Å². The van der Waals surface area contributed by atoms with E-state index in [0.717, 1.165) is 16.5 Å². The van der Waals surface area contributed by atoms with Crippen LogP contribution in [-0.2, 0) is 4.79 Å². The van der Waals surface area contributed by atoms with Crippen LogP contribution in [0.3, 0.4) is 0 Å². The van der Waals surface area contributed by atoms with Gasteiger partial charge in [0, 0.05) is 29.5 Å². The maximum atomic E-state index is 12.8. The van der Waals surface area contributed by atoms with Gasteiger partial charge in [-0.1, -0.05) is 60.7 Å². The lowest BCUT2D eigenvalue weighted by molar-refractivity contribution is -0.116. The molecule has 3 aromatic carbocycles. The highest BCUT2D eigenvalue weighted by Crippen LogP contribution is 2.28. The van der Waals surface area contributed by atoms with Crippen LogP contribution < -0.4 is 10.9 Å². The van der Waals surface area contributed by atoms with E-state index in [1.165, 1.54) is 6.07 Å². The summed E-state index contributed by atoms with van der Waals surface area (Å²) in [6.45, 7) is 0. The third-order valence-electron chi connectivity index (χ3n) is 4.70. The van der Waals surface area contributed by atoms with Crippen molar-refractivity contribution in [2.24, 2.45) is 0 Å². The zero-order chi connectivity index (χ0) is 19.3. The molecule has 1 heterocycles. The SMILES string of the molecule is O=C(CC(c1ccccc1)c1ccccc1)Nc1ccc2oc(=O)ccc2c1. The zero-order valence-corrected chi connectivity index (χ0v) is 15.2. The molecule has 138 valence electrons. The summed E-state index contributed by atoms with van der Waals surface area (Å²) < 4.78 is 5.13. The van der Waals surface area contributed by atoms with E-state index in [0.29, 0.717) is 17.7 Å². The van der Waals surface area contributed by atoms with Crippen LogP contribution >= 0.6 is 0 Å². The Balaban J connectivity index is 1.56. The number of nitrogens with one attached hydrogen (secondary N) is 1. The fourth-order valence-electron chi connectivity index (χ4n) is 3.35. The lowest BCUT2D eigenvalue weighted by Crippen LogP contribution is -2.16. The van der Waals surface area contributed by atoms with Crippen molar-refractivity contribution in [1.29, 1.82) is 0 Å². The van der Waals surface area contributed by atoms with E-state index >= 15 is 0 Å². The van der Waals surface area contributed by atoms with Crippen molar-refractivity contribution in [3.8, 4) is 0 Å². The highest BCUT2D eigenvalue weighted by Gasteiger charge is 2.18. The molecule has 0 aliphatic carbocycles. The Morgan fingerprint density at radius 1 is 0.821 bits per heavy atom. The van der Waals surface area contributed by atoms with Crippen molar-refractivity contribution in [2.75, 3.05) is 5.32 Å². The maximum Gasteiger partial charge on any atom is 0.336 e. The van der Waals surface area contributed by atoms with E-state index in [9.17, 15) is 9.59 Å². The Bertz CT molecular complexity index is 1110. The van der Waals surface area contributed by atoms with Crippen LogP contribution in [0.25, 0.3) is 11.0 Å². The molecule has 4 aromatic rings. The van der Waals surface area contributed by atoms with Gasteiger partial charge in [-0.05, 0) is 35.4 Å². The Labute approximate surface area is 162 Å². The van der Waals surface area contributed by atoms with Gasteiger partial charge in [-0.25, -0.2) is 4.79 Å². The fraction of sp³-hybridized carbons (Fsp3) is 0.0833. The minimum Gasteiger partial charge on any atom is -0.423 e. The largest absolute Gasteiger partial charge is 0.423 e. The van der Waals surface area contributed by atoms with Gasteiger partial charge in [0.2, 0.25) is 5.91 Å². The smallest absolute Gasteiger partial charge is 0.336 e. The first kappa shape index (κ1) is 17.7. The molecule has 0 fully saturated rings. The summed E-state index contributed by atoms with van der Waals surface area (Å²) in [5, 5.41) is 3.72. The molecule has 0 saturated heterocycles. The molecule has 0 radical (unpaired) electrons. The second-order valence-corrected chi connectivity index (χ2v) is 6.63. The van der Waals surface area contributed by atoms with Crippen molar-refractivity contribution in [3.63, 3.8) is 0 Å². The van der Waals surface area contributed by atoms with Gasteiger partial charge >= 0.3 is 5.63 Å². The summed E-state index contributed by atoms with van der Waals surface area (Å²) in [5.74, 6) is -0.102. The molecule has 0 saturated carbocycles. The summed E-state index contributed by atoms with van der Waals surface area (Å²) in [4.78, 5) is 24.1. The molecule has 0 aliphatic rings. The van der Waals surface area contributed by atoms with Gasteiger partial charge in [-0.3, -0.25) is 4.79 Å². The summed E-state index contributed by atoms with van der Waals surface area (Å²) in [6, 6.07) is 28.4. The van der Waals surface area contributed by atoms with Crippen molar-refractivity contribution in [3.05, 3.63) is 113 Å². The van der Waals surface area contributed by atoms with Crippen LogP contribution in [0.15, 0.2) is 100 Å². The number of amides is 1. The predicted molar refractivity (Wildman–Crippen MR) is 110 cm³/mol. The van der Waals surface area contributed by atoms with E-state index in [-0.39, 0.29) is 11.8 Å². The number of carbonyl (C=O) groups is 1. The fourth-order valence-corrected chi connectivity index (χ4v) is 3.35. The average molecular weight is 369 g/mol. The van der Waals surface area contributed by atoms with Crippen molar-refractivity contribution in [1.82, 2.24) is 0 Å². The number of carbonyl (C=O) groups excluding carboxylic acids is 1. The number of benzene rings is 3. The number of anilines is 1. The summed E-state index contributed by atoms with van der Waals surface area (Å²) in [6.07, 6.45) is 0.329. The molecule has 1 amide bonds. The van der Waals surface area contributed by atoms with Crippen LogP contribution in [-0.4, -0.2) is 5.91 Å². The Kier molecular flexibility index (Phi) is 5.02. The first-order chi connectivity index (χ1) is 13.7. The lowest BCUT2D eigenvalue weighted by atomic mass is 9.88. The van der Waals surface area contributed by atoms with Gasteiger partial charge in [0.15, 0.2) is 0 Å². The molecule has 4 nitrogen and oxygen atoms in total. The highest BCUT2D eigenvalue weighted by molar-refractivity contribution is 5.94. The van der Waals surface area contributed by atoms with Gasteiger partial charge in [-0.15, -0.1) is 0 Å². The van der Waals surface area contributed by atoms with Crippen LogP contribution in [0.1, 0.15) is 23.5 Å². The van der Waals surface area contributed by atoms with Crippen LogP contribution in [0, 0.1) is 0 Å². The minimum atomic E-state index is -0.391. The number of hydrogen-bond donors (Lipinski definition) is 1. The van der Waals surface area contributed by atoms with E-state index < -0.39 is 5.63 Å². The third kappa shape index (κ3) is 4.01. The molecular formula is C24H19NO3. The zero-order valence-electron chi connectivity index (χ0n) is 15.2. The first-order valence-electron chi connectivity index (χ1n) is 9.13. The Hall–Kier alpha value is -3.66. The van der Waals surface area contributed by atoms with Gasteiger partial charge < -0.3 is 9.73 Å².